The molecule has 1 aliphatic rings. The molecule has 4 rings (SSSR count). The minimum absolute atomic E-state index is 0.106. The van der Waals surface area contributed by atoms with Crippen molar-refractivity contribution in [3.05, 3.63) is 69.9 Å². The second kappa shape index (κ2) is 9.48. The summed E-state index contributed by atoms with van der Waals surface area (Å²) in [6.07, 6.45) is 1.53. The molecular weight excluding hydrogens is 454 g/mol. The Bertz CT molecular complexity index is 1320. The van der Waals surface area contributed by atoms with Crippen LogP contribution < -0.4 is 14.4 Å². The van der Waals surface area contributed by atoms with Gasteiger partial charge in [0.1, 0.15) is 11.5 Å². The average Bonchev–Trinajstić information content (AvgIpc) is 3.42. The molecule has 9 heteroatoms. The largest absolute Gasteiger partial charge is 0.497 e. The molecule has 0 fully saturated rings. The summed E-state index contributed by atoms with van der Waals surface area (Å²) in [5.41, 5.74) is 4.09. The van der Waals surface area contributed by atoms with Gasteiger partial charge in [0.15, 0.2) is 10.8 Å². The van der Waals surface area contributed by atoms with Crippen LogP contribution in [0.1, 0.15) is 29.3 Å². The van der Waals surface area contributed by atoms with Crippen LogP contribution in [0.4, 0.5) is 10.8 Å². The molecule has 3 aromatic rings. The molecule has 0 atom stereocenters. The summed E-state index contributed by atoms with van der Waals surface area (Å²) in [5.74, 6) is 0.480. The van der Waals surface area contributed by atoms with E-state index in [2.05, 4.69) is 9.98 Å². The molecule has 0 unspecified atom stereocenters. The number of cyclic esters (lactones) is 1. The molecule has 0 saturated carbocycles. The number of carbonyl (C=O) groups is 2. The summed E-state index contributed by atoms with van der Waals surface area (Å²) in [6, 6.07) is 10.9. The zero-order valence-electron chi connectivity index (χ0n) is 19.4. The predicted molar refractivity (Wildman–Crippen MR) is 131 cm³/mol. The fraction of sp³-hybridized carbons (Fsp3) is 0.200. The van der Waals surface area contributed by atoms with Gasteiger partial charge in [0.25, 0.3) is 0 Å². The third-order valence-electron chi connectivity index (χ3n) is 5.27. The van der Waals surface area contributed by atoms with Gasteiger partial charge in [-0.3, -0.25) is 9.69 Å². The van der Waals surface area contributed by atoms with Gasteiger partial charge < -0.3 is 14.2 Å². The maximum absolute atomic E-state index is 12.5. The summed E-state index contributed by atoms with van der Waals surface area (Å²) >= 11 is 1.30. The van der Waals surface area contributed by atoms with Gasteiger partial charge in [-0.1, -0.05) is 6.07 Å². The number of hydrogen-bond acceptors (Lipinski definition) is 8. The van der Waals surface area contributed by atoms with Crippen molar-refractivity contribution in [2.24, 2.45) is 4.99 Å². The lowest BCUT2D eigenvalue weighted by atomic mass is 10.1. The Balaban J connectivity index is 1.65. The normalized spacial score (nSPS) is 14.1. The highest BCUT2D eigenvalue weighted by Crippen LogP contribution is 2.32. The van der Waals surface area contributed by atoms with Gasteiger partial charge in [0, 0.05) is 23.9 Å². The molecule has 0 radical (unpaired) electrons. The predicted octanol–water partition coefficient (Wildman–Crippen LogP) is 4.81. The number of aliphatic imine (C=N–C) groups is 1. The first kappa shape index (κ1) is 23.2. The van der Waals surface area contributed by atoms with E-state index in [9.17, 15) is 9.59 Å². The maximum atomic E-state index is 12.5. The van der Waals surface area contributed by atoms with E-state index in [4.69, 9.17) is 14.2 Å². The molecule has 34 heavy (non-hydrogen) atoms. The third kappa shape index (κ3) is 4.69. The molecule has 8 nitrogen and oxygen atoms in total. The van der Waals surface area contributed by atoms with E-state index < -0.39 is 5.97 Å². The van der Waals surface area contributed by atoms with E-state index in [1.54, 1.807) is 28.5 Å². The number of amides is 1. The Morgan fingerprint density at radius 1 is 1.06 bits per heavy atom. The summed E-state index contributed by atoms with van der Waals surface area (Å²) in [7, 11) is 3.07. The molecule has 0 spiro atoms. The summed E-state index contributed by atoms with van der Waals surface area (Å²) < 4.78 is 15.9. The maximum Gasteiger partial charge on any atom is 0.363 e. The van der Waals surface area contributed by atoms with Crippen molar-refractivity contribution < 1.29 is 23.8 Å². The van der Waals surface area contributed by atoms with E-state index in [0.717, 1.165) is 16.8 Å². The van der Waals surface area contributed by atoms with Crippen LogP contribution in [0, 0.1) is 13.8 Å². The molecule has 174 valence electrons. The molecule has 0 N–H and O–H groups in total. The van der Waals surface area contributed by atoms with Gasteiger partial charge in [-0.2, -0.15) is 0 Å². The molecule has 1 aliphatic heterocycles. The lowest BCUT2D eigenvalue weighted by molar-refractivity contribution is -0.130. The van der Waals surface area contributed by atoms with Gasteiger partial charge in [0.05, 0.1) is 25.6 Å². The Kier molecular flexibility index (Phi) is 6.47. The molecule has 0 bridgehead atoms. The van der Waals surface area contributed by atoms with Crippen molar-refractivity contribution in [3.63, 3.8) is 0 Å². The van der Waals surface area contributed by atoms with Gasteiger partial charge in [-0.05, 0) is 55.3 Å². The Labute approximate surface area is 201 Å². The van der Waals surface area contributed by atoms with Gasteiger partial charge in [-0.25, -0.2) is 14.8 Å². The van der Waals surface area contributed by atoms with Crippen LogP contribution in [-0.2, 0) is 14.3 Å². The van der Waals surface area contributed by atoms with Crippen molar-refractivity contribution in [1.29, 1.82) is 0 Å². The van der Waals surface area contributed by atoms with Crippen LogP contribution >= 0.6 is 11.3 Å². The number of rotatable bonds is 6. The van der Waals surface area contributed by atoms with Crippen LogP contribution in [0.2, 0.25) is 0 Å². The number of benzene rings is 2. The van der Waals surface area contributed by atoms with E-state index in [-0.39, 0.29) is 17.5 Å². The number of aromatic nitrogens is 1. The SMILES string of the molecule is COc1cc(OC)cc(C2=NC(=Cc3csc(N(C(C)=O)c4ccc(C)c(C)c4)n3)C(=O)O2)c1. The van der Waals surface area contributed by atoms with Gasteiger partial charge in [-0.15, -0.1) is 11.3 Å². The Hall–Kier alpha value is -3.98. The van der Waals surface area contributed by atoms with Crippen LogP contribution in [-0.4, -0.2) is 37.0 Å². The topological polar surface area (TPSA) is 90.3 Å². The Morgan fingerprint density at radius 2 is 1.76 bits per heavy atom. The quantitative estimate of drug-likeness (QED) is 0.374. The number of ether oxygens (including phenoxy) is 3. The lowest BCUT2D eigenvalue weighted by Gasteiger charge is -2.19. The first-order valence-electron chi connectivity index (χ1n) is 10.4. The summed E-state index contributed by atoms with van der Waals surface area (Å²) in [4.78, 5) is 35.3. The summed E-state index contributed by atoms with van der Waals surface area (Å²) in [5, 5.41) is 2.25. The molecule has 2 heterocycles. The van der Waals surface area contributed by atoms with Crippen molar-refractivity contribution in [2.75, 3.05) is 19.1 Å². The van der Waals surface area contributed by atoms with Crippen LogP contribution in [0.3, 0.4) is 0 Å². The van der Waals surface area contributed by atoms with Crippen molar-refractivity contribution in [2.45, 2.75) is 20.8 Å². The highest BCUT2D eigenvalue weighted by atomic mass is 32.1. The average molecular weight is 478 g/mol. The van der Waals surface area contributed by atoms with Crippen molar-refractivity contribution in [3.8, 4) is 11.5 Å². The molecule has 1 aromatic heterocycles. The monoisotopic (exact) mass is 477 g/mol. The second-order valence-corrected chi connectivity index (χ2v) is 8.45. The van der Waals surface area contributed by atoms with Gasteiger partial charge in [0.2, 0.25) is 11.8 Å². The minimum atomic E-state index is -0.594. The van der Waals surface area contributed by atoms with Crippen molar-refractivity contribution >= 4 is 46.0 Å². The molecule has 0 saturated heterocycles. The van der Waals surface area contributed by atoms with Gasteiger partial charge >= 0.3 is 5.97 Å². The number of anilines is 2. The zero-order valence-corrected chi connectivity index (χ0v) is 20.2. The van der Waals surface area contributed by atoms with Crippen molar-refractivity contribution in [1.82, 2.24) is 4.98 Å². The highest BCUT2D eigenvalue weighted by molar-refractivity contribution is 7.14. The standard InChI is InChI=1S/C25H23N3O5S/c1-14-6-7-19(8-15(14)2)28(16(3)29)25-26-18(13-34-25)11-22-24(30)33-23(27-22)17-9-20(31-4)12-21(10-17)32-5/h6-13H,1-5H3. The Morgan fingerprint density at radius 3 is 2.38 bits per heavy atom. The molecule has 2 aromatic carbocycles. The molecule has 0 aliphatic carbocycles. The fourth-order valence-electron chi connectivity index (χ4n) is 3.34. The number of carbonyl (C=O) groups excluding carboxylic acids is 2. The minimum Gasteiger partial charge on any atom is -0.497 e. The third-order valence-corrected chi connectivity index (χ3v) is 6.11. The number of nitrogens with zero attached hydrogens (tertiary/aromatic N) is 3. The fourth-order valence-corrected chi connectivity index (χ4v) is 4.18. The summed E-state index contributed by atoms with van der Waals surface area (Å²) in [6.45, 7) is 5.50. The number of hydrogen-bond donors (Lipinski definition) is 0. The number of thiazole rings is 1. The van der Waals surface area contributed by atoms with E-state index in [1.807, 2.05) is 32.0 Å². The number of methoxy groups -OCH3 is 2. The first-order valence-corrected chi connectivity index (χ1v) is 11.3. The number of aryl methyl sites for hydroxylation is 2. The van der Waals surface area contributed by atoms with E-state index in [1.165, 1.54) is 38.6 Å². The molecule has 1 amide bonds. The van der Waals surface area contributed by atoms with E-state index in [0.29, 0.717) is 27.9 Å². The number of esters is 1. The second-order valence-electron chi connectivity index (χ2n) is 7.62. The highest BCUT2D eigenvalue weighted by Gasteiger charge is 2.26. The first-order chi connectivity index (χ1) is 16.3. The van der Waals surface area contributed by atoms with Crippen LogP contribution in [0.25, 0.3) is 6.08 Å². The zero-order chi connectivity index (χ0) is 24.4. The lowest BCUT2D eigenvalue weighted by Crippen LogP contribution is -2.22. The molecular formula is C25H23N3O5S. The van der Waals surface area contributed by atoms with E-state index >= 15 is 0 Å². The van der Waals surface area contributed by atoms with Crippen LogP contribution in [0.5, 0.6) is 11.5 Å². The van der Waals surface area contributed by atoms with Crippen LogP contribution in [0.15, 0.2) is 52.5 Å². The smallest absolute Gasteiger partial charge is 0.363 e.